The van der Waals surface area contributed by atoms with E-state index < -0.39 is 0 Å². The van der Waals surface area contributed by atoms with Crippen LogP contribution in [0.3, 0.4) is 0 Å². The number of aliphatic imine (C=N–C) groups is 1. The summed E-state index contributed by atoms with van der Waals surface area (Å²) >= 11 is 0. The van der Waals surface area contributed by atoms with Gasteiger partial charge < -0.3 is 14.8 Å². The van der Waals surface area contributed by atoms with Gasteiger partial charge in [0.2, 0.25) is 5.96 Å². The Balaban J connectivity index is 1.82. The highest BCUT2D eigenvalue weighted by atomic mass is 16.5. The van der Waals surface area contributed by atoms with Crippen LogP contribution in [0.15, 0.2) is 72.0 Å². The van der Waals surface area contributed by atoms with E-state index in [1.165, 1.54) is 5.56 Å². The maximum atomic E-state index is 13.1. The second-order valence-electron chi connectivity index (χ2n) is 8.06. The van der Waals surface area contributed by atoms with Crippen molar-refractivity contribution >= 4 is 17.6 Å². The Morgan fingerprint density at radius 2 is 1.63 bits per heavy atom. The Bertz CT molecular complexity index is 1110. The van der Waals surface area contributed by atoms with Gasteiger partial charge >= 0.3 is 0 Å². The molecule has 2 N–H and O–H groups in total. The summed E-state index contributed by atoms with van der Waals surface area (Å²) in [5.41, 5.74) is 3.55. The van der Waals surface area contributed by atoms with E-state index in [4.69, 9.17) is 9.47 Å². The van der Waals surface area contributed by atoms with Crippen LogP contribution in [0.5, 0.6) is 11.5 Å². The lowest BCUT2D eigenvalue weighted by Crippen LogP contribution is -2.36. The average Bonchev–Trinajstić information content (AvgIpc) is 2.89. The summed E-state index contributed by atoms with van der Waals surface area (Å²) in [6.07, 6.45) is 4.52. The van der Waals surface area contributed by atoms with E-state index in [-0.39, 0.29) is 5.91 Å². The van der Waals surface area contributed by atoms with Gasteiger partial charge in [-0.05, 0) is 79.8 Å². The fourth-order valence-corrected chi connectivity index (χ4v) is 3.41. The van der Waals surface area contributed by atoms with Gasteiger partial charge in [0, 0.05) is 23.6 Å². The predicted octanol–water partition coefficient (Wildman–Crippen LogP) is 5.79. The summed E-state index contributed by atoms with van der Waals surface area (Å²) in [5.74, 6) is 1.69. The van der Waals surface area contributed by atoms with Crippen molar-refractivity contribution in [2.24, 2.45) is 4.99 Å². The van der Waals surface area contributed by atoms with E-state index in [0.717, 1.165) is 17.7 Å². The summed E-state index contributed by atoms with van der Waals surface area (Å²) < 4.78 is 11.3. The molecule has 1 aromatic heterocycles. The number of pyridine rings is 1. The number of amides is 1. The standard InChI is InChI=1S/C28H34N4O3/c1-5-20(4)22-8-11-24(12-9-22)31-28(30-19-21-14-16-29-17-15-21)32-27(33)23-10-13-25(34-6-2)26(18-23)35-7-3/h8-18,20H,5-7,19H2,1-4H3,(H2,30,31,32,33). The van der Waals surface area contributed by atoms with Crippen molar-refractivity contribution in [2.45, 2.75) is 46.6 Å². The van der Waals surface area contributed by atoms with Crippen molar-refractivity contribution in [1.29, 1.82) is 0 Å². The number of ether oxygens (including phenoxy) is 2. The van der Waals surface area contributed by atoms with Crippen LogP contribution in [0, 0.1) is 0 Å². The topological polar surface area (TPSA) is 84.8 Å². The van der Waals surface area contributed by atoms with E-state index in [2.05, 4.69) is 46.6 Å². The summed E-state index contributed by atoms with van der Waals surface area (Å²) in [6.45, 7) is 9.55. The van der Waals surface area contributed by atoms with E-state index in [1.54, 1.807) is 30.6 Å². The van der Waals surface area contributed by atoms with E-state index in [1.807, 2.05) is 38.1 Å². The summed E-state index contributed by atoms with van der Waals surface area (Å²) in [4.78, 5) is 21.8. The Hall–Kier alpha value is -3.87. The van der Waals surface area contributed by atoms with Crippen molar-refractivity contribution in [3.05, 3.63) is 83.7 Å². The molecule has 2 aromatic carbocycles. The molecule has 0 saturated heterocycles. The monoisotopic (exact) mass is 474 g/mol. The number of benzene rings is 2. The van der Waals surface area contributed by atoms with Crippen LogP contribution in [-0.4, -0.2) is 30.1 Å². The molecule has 7 heteroatoms. The van der Waals surface area contributed by atoms with Gasteiger partial charge in [0.1, 0.15) is 0 Å². The van der Waals surface area contributed by atoms with Crippen LogP contribution < -0.4 is 20.1 Å². The molecular weight excluding hydrogens is 440 g/mol. The molecule has 0 fully saturated rings. The van der Waals surface area contributed by atoms with Gasteiger partial charge in [-0.15, -0.1) is 0 Å². The number of hydrogen-bond donors (Lipinski definition) is 2. The maximum absolute atomic E-state index is 13.1. The number of carbonyl (C=O) groups is 1. The first-order chi connectivity index (χ1) is 17.0. The molecule has 35 heavy (non-hydrogen) atoms. The zero-order valence-electron chi connectivity index (χ0n) is 20.9. The first kappa shape index (κ1) is 25.7. The molecule has 0 aliphatic rings. The van der Waals surface area contributed by atoms with Crippen LogP contribution >= 0.6 is 0 Å². The van der Waals surface area contributed by atoms with Crippen LogP contribution in [-0.2, 0) is 6.54 Å². The minimum absolute atomic E-state index is 0.300. The zero-order valence-corrected chi connectivity index (χ0v) is 20.9. The third-order valence-electron chi connectivity index (χ3n) is 5.56. The number of nitrogens with one attached hydrogen (secondary N) is 2. The van der Waals surface area contributed by atoms with Crippen molar-refractivity contribution in [3.63, 3.8) is 0 Å². The number of nitrogens with zero attached hydrogens (tertiary/aromatic N) is 2. The van der Waals surface area contributed by atoms with E-state index in [9.17, 15) is 4.79 Å². The number of carbonyl (C=O) groups excluding carboxylic acids is 1. The van der Waals surface area contributed by atoms with Gasteiger partial charge in [-0.2, -0.15) is 0 Å². The quantitative estimate of drug-likeness (QED) is 0.287. The van der Waals surface area contributed by atoms with Crippen LogP contribution in [0.4, 0.5) is 5.69 Å². The fourth-order valence-electron chi connectivity index (χ4n) is 3.41. The number of anilines is 1. The molecule has 3 aromatic rings. The Morgan fingerprint density at radius 1 is 0.943 bits per heavy atom. The van der Waals surface area contributed by atoms with Crippen LogP contribution in [0.2, 0.25) is 0 Å². The van der Waals surface area contributed by atoms with Gasteiger partial charge in [-0.25, -0.2) is 4.99 Å². The van der Waals surface area contributed by atoms with Gasteiger partial charge in [-0.1, -0.05) is 26.0 Å². The van der Waals surface area contributed by atoms with Crippen LogP contribution in [0.25, 0.3) is 0 Å². The van der Waals surface area contributed by atoms with Crippen molar-refractivity contribution < 1.29 is 14.3 Å². The molecule has 0 saturated carbocycles. The summed E-state index contributed by atoms with van der Waals surface area (Å²) in [5, 5.41) is 6.16. The van der Waals surface area contributed by atoms with Gasteiger partial charge in [0.25, 0.3) is 5.91 Å². The third-order valence-corrected chi connectivity index (χ3v) is 5.56. The highest BCUT2D eigenvalue weighted by molar-refractivity contribution is 6.10. The van der Waals surface area contributed by atoms with Crippen LogP contribution in [0.1, 0.15) is 61.5 Å². The highest BCUT2D eigenvalue weighted by Crippen LogP contribution is 2.28. The molecule has 0 radical (unpaired) electrons. The molecule has 1 amide bonds. The lowest BCUT2D eigenvalue weighted by atomic mass is 9.99. The first-order valence-corrected chi connectivity index (χ1v) is 12.0. The summed E-state index contributed by atoms with van der Waals surface area (Å²) in [6, 6.07) is 17.1. The average molecular weight is 475 g/mol. The van der Waals surface area contributed by atoms with Gasteiger partial charge in [0.15, 0.2) is 11.5 Å². The van der Waals surface area contributed by atoms with Crippen molar-refractivity contribution in [1.82, 2.24) is 10.3 Å². The number of hydrogen-bond acceptors (Lipinski definition) is 5. The smallest absolute Gasteiger partial charge is 0.258 e. The molecule has 0 aliphatic carbocycles. The minimum atomic E-state index is -0.300. The van der Waals surface area contributed by atoms with E-state index in [0.29, 0.717) is 48.7 Å². The minimum Gasteiger partial charge on any atom is -0.490 e. The molecule has 1 heterocycles. The van der Waals surface area contributed by atoms with Crippen molar-refractivity contribution in [2.75, 3.05) is 18.5 Å². The Labute approximate surface area is 207 Å². The second kappa shape index (κ2) is 13.1. The lowest BCUT2D eigenvalue weighted by Gasteiger charge is -2.15. The van der Waals surface area contributed by atoms with Gasteiger partial charge in [-0.3, -0.25) is 15.1 Å². The maximum Gasteiger partial charge on any atom is 0.258 e. The third kappa shape index (κ3) is 7.57. The lowest BCUT2D eigenvalue weighted by molar-refractivity contribution is 0.0976. The molecule has 0 spiro atoms. The first-order valence-electron chi connectivity index (χ1n) is 12.0. The fraction of sp³-hybridized carbons (Fsp3) is 0.321. The molecule has 0 aliphatic heterocycles. The molecular formula is C28H34N4O3. The Kier molecular flexibility index (Phi) is 9.66. The zero-order chi connectivity index (χ0) is 25.0. The molecule has 0 bridgehead atoms. The normalized spacial score (nSPS) is 12.1. The molecule has 3 rings (SSSR count). The highest BCUT2D eigenvalue weighted by Gasteiger charge is 2.14. The molecule has 1 atom stereocenters. The largest absolute Gasteiger partial charge is 0.490 e. The SMILES string of the molecule is CCOc1ccc(C(=O)NC(=NCc2ccncc2)Nc2ccc(C(C)CC)cc2)cc1OCC. The number of aromatic nitrogens is 1. The van der Waals surface area contributed by atoms with Crippen molar-refractivity contribution in [3.8, 4) is 11.5 Å². The number of guanidine groups is 1. The van der Waals surface area contributed by atoms with Gasteiger partial charge in [0.05, 0.1) is 19.8 Å². The van der Waals surface area contributed by atoms with E-state index >= 15 is 0 Å². The molecule has 7 nitrogen and oxygen atoms in total. The molecule has 184 valence electrons. The predicted molar refractivity (Wildman–Crippen MR) is 140 cm³/mol. The number of rotatable bonds is 10. The summed E-state index contributed by atoms with van der Waals surface area (Å²) in [7, 11) is 0. The molecule has 1 unspecified atom stereocenters. The Morgan fingerprint density at radius 3 is 2.29 bits per heavy atom. The second-order valence-corrected chi connectivity index (χ2v) is 8.06.